The van der Waals surface area contributed by atoms with E-state index < -0.39 is 0 Å². The van der Waals surface area contributed by atoms with Gasteiger partial charge in [-0.3, -0.25) is 0 Å². The Bertz CT molecular complexity index is 483. The van der Waals surface area contributed by atoms with Gasteiger partial charge in [-0.2, -0.15) is 0 Å². The molecule has 0 radical (unpaired) electrons. The molecule has 1 heteroatoms. The minimum absolute atomic E-state index is 0.0925. The van der Waals surface area contributed by atoms with Crippen molar-refractivity contribution in [3.8, 4) is 17.6 Å². The molecule has 0 aliphatic heterocycles. The first kappa shape index (κ1) is 16.6. The first-order valence-corrected chi connectivity index (χ1v) is 7.57. The van der Waals surface area contributed by atoms with E-state index in [1.807, 2.05) is 6.92 Å². The molecule has 0 aliphatic rings. The van der Waals surface area contributed by atoms with Crippen LogP contribution in [0.1, 0.15) is 71.4 Å². The minimum atomic E-state index is 0.0925. The predicted octanol–water partition coefficient (Wildman–Crippen LogP) is 5.29. The van der Waals surface area contributed by atoms with Crippen LogP contribution in [-0.4, -0.2) is 6.61 Å². The van der Waals surface area contributed by atoms with E-state index >= 15 is 0 Å². The third-order valence-electron chi connectivity index (χ3n) is 3.43. The monoisotopic (exact) mass is 272 g/mol. The Kier molecular flexibility index (Phi) is 6.14. The summed E-state index contributed by atoms with van der Waals surface area (Å²) in [6, 6.07) is 6.61. The molecular weight excluding hydrogens is 244 g/mol. The van der Waals surface area contributed by atoms with Gasteiger partial charge in [-0.05, 0) is 41.9 Å². The molecule has 0 aromatic heterocycles. The molecule has 0 saturated carbocycles. The normalized spacial score (nSPS) is 12.5. The Labute approximate surface area is 124 Å². The van der Waals surface area contributed by atoms with Crippen molar-refractivity contribution >= 4 is 0 Å². The lowest BCUT2D eigenvalue weighted by molar-refractivity contribution is 0.308. The maximum absolute atomic E-state index is 5.90. The van der Waals surface area contributed by atoms with Crippen LogP contribution in [0, 0.1) is 11.8 Å². The highest BCUT2D eigenvalue weighted by Gasteiger charge is 2.20. The summed E-state index contributed by atoms with van der Waals surface area (Å²) in [5.74, 6) is 7.64. The largest absolute Gasteiger partial charge is 0.493 e. The molecule has 0 spiro atoms. The SMILES string of the molecule is CC#CCC(C)c1ccc(OCCC)c(C(C)(C)C)c1. The summed E-state index contributed by atoms with van der Waals surface area (Å²) >= 11 is 0. The minimum Gasteiger partial charge on any atom is -0.493 e. The molecule has 0 fully saturated rings. The van der Waals surface area contributed by atoms with Crippen molar-refractivity contribution in [3.05, 3.63) is 29.3 Å². The number of hydrogen-bond donors (Lipinski definition) is 0. The summed E-state index contributed by atoms with van der Waals surface area (Å²) in [7, 11) is 0. The second-order valence-electron chi connectivity index (χ2n) is 6.39. The molecule has 1 rings (SSSR count). The first-order chi connectivity index (χ1) is 9.40. The van der Waals surface area contributed by atoms with Crippen molar-refractivity contribution in [1.82, 2.24) is 0 Å². The van der Waals surface area contributed by atoms with Gasteiger partial charge in [-0.1, -0.05) is 46.8 Å². The average molecular weight is 272 g/mol. The highest BCUT2D eigenvalue weighted by molar-refractivity contribution is 5.42. The second-order valence-corrected chi connectivity index (χ2v) is 6.39. The average Bonchev–Trinajstić information content (AvgIpc) is 2.41. The van der Waals surface area contributed by atoms with Crippen LogP contribution in [0.2, 0.25) is 0 Å². The van der Waals surface area contributed by atoms with Crippen molar-refractivity contribution in [2.45, 2.75) is 65.7 Å². The van der Waals surface area contributed by atoms with Crippen LogP contribution < -0.4 is 4.74 Å². The van der Waals surface area contributed by atoms with Crippen molar-refractivity contribution in [1.29, 1.82) is 0 Å². The molecular formula is C19H28O. The van der Waals surface area contributed by atoms with Gasteiger partial charge in [0.15, 0.2) is 0 Å². The van der Waals surface area contributed by atoms with Crippen molar-refractivity contribution in [3.63, 3.8) is 0 Å². The van der Waals surface area contributed by atoms with Gasteiger partial charge in [0.25, 0.3) is 0 Å². The van der Waals surface area contributed by atoms with Gasteiger partial charge in [0.2, 0.25) is 0 Å². The Morgan fingerprint density at radius 3 is 2.50 bits per heavy atom. The predicted molar refractivity (Wildman–Crippen MR) is 87.4 cm³/mol. The fourth-order valence-electron chi connectivity index (χ4n) is 2.15. The van der Waals surface area contributed by atoms with Gasteiger partial charge in [0, 0.05) is 6.42 Å². The first-order valence-electron chi connectivity index (χ1n) is 7.57. The lowest BCUT2D eigenvalue weighted by Crippen LogP contribution is -2.14. The number of rotatable bonds is 5. The van der Waals surface area contributed by atoms with Gasteiger partial charge in [0.1, 0.15) is 5.75 Å². The quantitative estimate of drug-likeness (QED) is 0.662. The Balaban J connectivity index is 3.09. The van der Waals surface area contributed by atoms with Crippen molar-refractivity contribution < 1.29 is 4.74 Å². The van der Waals surface area contributed by atoms with E-state index in [1.54, 1.807) is 0 Å². The molecule has 110 valence electrons. The van der Waals surface area contributed by atoms with E-state index in [0.717, 1.165) is 25.2 Å². The second kappa shape index (κ2) is 7.39. The molecule has 0 N–H and O–H groups in total. The van der Waals surface area contributed by atoms with E-state index in [9.17, 15) is 0 Å². The van der Waals surface area contributed by atoms with Crippen molar-refractivity contribution in [2.24, 2.45) is 0 Å². The summed E-state index contributed by atoms with van der Waals surface area (Å²) in [4.78, 5) is 0. The van der Waals surface area contributed by atoms with E-state index in [4.69, 9.17) is 4.74 Å². The van der Waals surface area contributed by atoms with Crippen LogP contribution in [0.4, 0.5) is 0 Å². The lowest BCUT2D eigenvalue weighted by atomic mass is 9.83. The lowest BCUT2D eigenvalue weighted by Gasteiger charge is -2.24. The van der Waals surface area contributed by atoms with Crippen LogP contribution in [-0.2, 0) is 5.41 Å². The fourth-order valence-corrected chi connectivity index (χ4v) is 2.15. The summed E-state index contributed by atoms with van der Waals surface area (Å²) < 4.78 is 5.90. The maximum atomic E-state index is 5.90. The van der Waals surface area contributed by atoms with Gasteiger partial charge in [0.05, 0.1) is 6.61 Å². The zero-order valence-corrected chi connectivity index (χ0v) is 13.8. The van der Waals surface area contributed by atoms with Gasteiger partial charge < -0.3 is 4.74 Å². The van der Waals surface area contributed by atoms with Gasteiger partial charge >= 0.3 is 0 Å². The highest BCUT2D eigenvalue weighted by Crippen LogP contribution is 2.34. The maximum Gasteiger partial charge on any atom is 0.123 e. The molecule has 1 aromatic carbocycles. The number of benzene rings is 1. The van der Waals surface area contributed by atoms with E-state index in [0.29, 0.717) is 5.92 Å². The molecule has 1 unspecified atom stereocenters. The molecule has 0 amide bonds. The fraction of sp³-hybridized carbons (Fsp3) is 0.579. The Hall–Kier alpha value is -1.42. The van der Waals surface area contributed by atoms with Gasteiger partial charge in [-0.25, -0.2) is 0 Å². The summed E-state index contributed by atoms with van der Waals surface area (Å²) in [5.41, 5.74) is 2.73. The molecule has 0 heterocycles. The Morgan fingerprint density at radius 2 is 1.95 bits per heavy atom. The third-order valence-corrected chi connectivity index (χ3v) is 3.43. The standard InChI is InChI=1S/C19H28O/c1-7-9-10-15(3)16-11-12-18(20-13-8-2)17(14-16)19(4,5)6/h11-12,14-15H,8,10,13H2,1-6H3. The van der Waals surface area contributed by atoms with E-state index in [1.165, 1.54) is 11.1 Å². The molecule has 20 heavy (non-hydrogen) atoms. The molecule has 0 saturated heterocycles. The van der Waals surface area contributed by atoms with E-state index in [-0.39, 0.29) is 5.41 Å². The smallest absolute Gasteiger partial charge is 0.123 e. The van der Waals surface area contributed by atoms with Crippen LogP contribution in [0.5, 0.6) is 5.75 Å². The molecule has 1 aromatic rings. The topological polar surface area (TPSA) is 9.23 Å². The highest BCUT2D eigenvalue weighted by atomic mass is 16.5. The molecule has 0 bridgehead atoms. The summed E-state index contributed by atoms with van der Waals surface area (Å²) in [6.45, 7) is 13.8. The van der Waals surface area contributed by atoms with E-state index in [2.05, 4.69) is 64.7 Å². The van der Waals surface area contributed by atoms with Crippen LogP contribution in [0.3, 0.4) is 0 Å². The third kappa shape index (κ3) is 4.60. The van der Waals surface area contributed by atoms with Crippen molar-refractivity contribution in [2.75, 3.05) is 6.61 Å². The summed E-state index contributed by atoms with van der Waals surface area (Å²) in [6.07, 6.45) is 1.95. The molecule has 1 atom stereocenters. The molecule has 1 nitrogen and oxygen atoms in total. The Morgan fingerprint density at radius 1 is 1.25 bits per heavy atom. The van der Waals surface area contributed by atoms with Gasteiger partial charge in [-0.15, -0.1) is 11.8 Å². The van der Waals surface area contributed by atoms with Crippen LogP contribution in [0.25, 0.3) is 0 Å². The van der Waals surface area contributed by atoms with Crippen LogP contribution in [0.15, 0.2) is 18.2 Å². The number of ether oxygens (including phenoxy) is 1. The zero-order chi connectivity index (χ0) is 15.2. The van der Waals surface area contributed by atoms with Crippen LogP contribution >= 0.6 is 0 Å². The zero-order valence-electron chi connectivity index (χ0n) is 13.8. The summed E-state index contributed by atoms with van der Waals surface area (Å²) in [5, 5.41) is 0. The molecule has 0 aliphatic carbocycles. The number of hydrogen-bond acceptors (Lipinski definition) is 1.